The number of carbonyl (C=O) groups excluding carboxylic acids is 1. The molecule has 0 spiro atoms. The van der Waals surface area contributed by atoms with Gasteiger partial charge in [0.25, 0.3) is 5.91 Å². The minimum absolute atomic E-state index is 0.191. The van der Waals surface area contributed by atoms with E-state index in [1.165, 1.54) is 6.21 Å². The Morgan fingerprint density at radius 1 is 1.38 bits per heavy atom. The fourth-order valence-electron chi connectivity index (χ4n) is 1.70. The van der Waals surface area contributed by atoms with Crippen LogP contribution >= 0.6 is 15.9 Å². The Hall–Kier alpha value is -2.08. The quantitative estimate of drug-likeness (QED) is 0.620. The minimum atomic E-state index is -0.347. The first-order valence-electron chi connectivity index (χ1n) is 6.57. The van der Waals surface area contributed by atoms with E-state index in [9.17, 15) is 4.79 Å². The highest BCUT2D eigenvalue weighted by Gasteiger charge is 2.15. The fraction of sp³-hybridized carbons (Fsp3) is 0.200. The van der Waals surface area contributed by atoms with Gasteiger partial charge in [-0.1, -0.05) is 22.9 Å². The highest BCUT2D eigenvalue weighted by atomic mass is 79.9. The van der Waals surface area contributed by atoms with Gasteiger partial charge in [-0.2, -0.15) is 5.10 Å². The smallest absolute Gasteiger partial charge is 0.262 e. The summed E-state index contributed by atoms with van der Waals surface area (Å²) < 4.78 is 6.08. The van der Waals surface area contributed by atoms with E-state index in [0.717, 1.165) is 10.2 Å². The van der Waals surface area contributed by atoms with Crippen LogP contribution in [0.1, 0.15) is 19.1 Å². The zero-order valence-corrected chi connectivity index (χ0v) is 13.1. The van der Waals surface area contributed by atoms with Gasteiger partial charge in [0.1, 0.15) is 11.8 Å². The molecule has 6 heteroatoms. The van der Waals surface area contributed by atoms with E-state index in [4.69, 9.17) is 4.42 Å². The van der Waals surface area contributed by atoms with Crippen LogP contribution in [-0.4, -0.2) is 18.2 Å². The van der Waals surface area contributed by atoms with Crippen LogP contribution in [0.15, 0.2) is 56.7 Å². The second-order valence-corrected chi connectivity index (χ2v) is 5.28. The maximum Gasteiger partial charge on any atom is 0.262 e. The molecule has 0 fully saturated rings. The van der Waals surface area contributed by atoms with Crippen molar-refractivity contribution in [1.82, 2.24) is 5.43 Å². The van der Waals surface area contributed by atoms with Crippen LogP contribution < -0.4 is 10.7 Å². The molecule has 5 nitrogen and oxygen atoms in total. The van der Waals surface area contributed by atoms with Crippen molar-refractivity contribution < 1.29 is 9.21 Å². The molecule has 1 atom stereocenters. The molecule has 0 aliphatic carbocycles. The number of benzene rings is 1. The standard InChI is InChI=1S/C15H16BrN3O2/c1-2-14(18-12-7-5-11(16)6-8-12)15(20)19-17-10-13-4-3-9-21-13/h3-10,14,18H,2H2,1H3,(H,19,20)/b17-10-/t14-/m1/s1. The van der Waals surface area contributed by atoms with Crippen molar-refractivity contribution in [1.29, 1.82) is 0 Å². The third-order valence-corrected chi connectivity index (χ3v) is 3.35. The second kappa shape index (κ2) is 7.64. The molecule has 0 saturated carbocycles. The molecular formula is C15H16BrN3O2. The molecule has 21 heavy (non-hydrogen) atoms. The molecule has 0 radical (unpaired) electrons. The number of amides is 1. The summed E-state index contributed by atoms with van der Waals surface area (Å²) in [4.78, 5) is 12.0. The predicted octanol–water partition coefficient (Wildman–Crippen LogP) is 3.38. The number of nitrogens with one attached hydrogen (secondary N) is 2. The number of halogens is 1. The molecule has 1 heterocycles. The van der Waals surface area contributed by atoms with Crippen molar-refractivity contribution in [2.24, 2.45) is 5.10 Å². The van der Waals surface area contributed by atoms with Crippen molar-refractivity contribution >= 4 is 33.7 Å². The first kappa shape index (κ1) is 15.3. The lowest BCUT2D eigenvalue weighted by Gasteiger charge is -2.16. The van der Waals surface area contributed by atoms with Crippen molar-refractivity contribution in [3.8, 4) is 0 Å². The van der Waals surface area contributed by atoms with Crippen molar-refractivity contribution in [3.63, 3.8) is 0 Å². The van der Waals surface area contributed by atoms with Gasteiger partial charge in [-0.05, 0) is 42.8 Å². The third kappa shape index (κ3) is 4.75. The molecule has 1 aromatic heterocycles. The Labute approximate surface area is 131 Å². The van der Waals surface area contributed by atoms with E-state index in [1.54, 1.807) is 18.4 Å². The first-order chi connectivity index (χ1) is 10.2. The molecule has 1 aromatic carbocycles. The number of hydrogen-bond donors (Lipinski definition) is 2. The number of furan rings is 1. The van der Waals surface area contributed by atoms with Crippen LogP contribution in [-0.2, 0) is 4.79 Å². The van der Waals surface area contributed by atoms with Crippen LogP contribution in [0, 0.1) is 0 Å². The molecule has 0 unspecified atom stereocenters. The van der Waals surface area contributed by atoms with Crippen molar-refractivity contribution in [2.45, 2.75) is 19.4 Å². The van der Waals surface area contributed by atoms with Gasteiger partial charge in [-0.25, -0.2) is 5.43 Å². The summed E-state index contributed by atoms with van der Waals surface area (Å²) >= 11 is 3.38. The van der Waals surface area contributed by atoms with E-state index in [0.29, 0.717) is 12.2 Å². The molecule has 2 aromatic rings. The van der Waals surface area contributed by atoms with Gasteiger partial charge in [0.05, 0.1) is 12.5 Å². The lowest BCUT2D eigenvalue weighted by molar-refractivity contribution is -0.121. The highest BCUT2D eigenvalue weighted by molar-refractivity contribution is 9.10. The zero-order chi connectivity index (χ0) is 15.1. The number of nitrogens with zero attached hydrogens (tertiary/aromatic N) is 1. The maximum atomic E-state index is 12.0. The Bertz CT molecular complexity index is 594. The summed E-state index contributed by atoms with van der Waals surface area (Å²) in [5.74, 6) is 0.396. The van der Waals surface area contributed by atoms with E-state index in [2.05, 4.69) is 31.8 Å². The monoisotopic (exact) mass is 349 g/mol. The van der Waals surface area contributed by atoms with Crippen molar-refractivity contribution in [2.75, 3.05) is 5.32 Å². The minimum Gasteiger partial charge on any atom is -0.463 e. The summed E-state index contributed by atoms with van der Waals surface area (Å²) in [7, 11) is 0. The first-order valence-corrected chi connectivity index (χ1v) is 7.37. The number of hydrogen-bond acceptors (Lipinski definition) is 4. The summed E-state index contributed by atoms with van der Waals surface area (Å²) in [6.07, 6.45) is 3.66. The molecule has 2 rings (SSSR count). The molecule has 0 aliphatic rings. The van der Waals surface area contributed by atoms with Gasteiger partial charge in [0, 0.05) is 10.2 Å². The predicted molar refractivity (Wildman–Crippen MR) is 86.3 cm³/mol. The Morgan fingerprint density at radius 3 is 2.76 bits per heavy atom. The summed E-state index contributed by atoms with van der Waals surface area (Å²) in [5, 5.41) is 7.04. The van der Waals surface area contributed by atoms with Crippen LogP contribution in [0.2, 0.25) is 0 Å². The van der Waals surface area contributed by atoms with Crippen LogP contribution in [0.25, 0.3) is 0 Å². The second-order valence-electron chi connectivity index (χ2n) is 4.36. The largest absolute Gasteiger partial charge is 0.463 e. The molecular weight excluding hydrogens is 334 g/mol. The Balaban J connectivity index is 1.90. The number of anilines is 1. The topological polar surface area (TPSA) is 66.6 Å². The molecule has 0 saturated heterocycles. The number of hydrazone groups is 1. The lowest BCUT2D eigenvalue weighted by Crippen LogP contribution is -2.36. The average Bonchev–Trinajstić information content (AvgIpc) is 3.00. The van der Waals surface area contributed by atoms with E-state index >= 15 is 0 Å². The molecule has 0 aliphatic heterocycles. The van der Waals surface area contributed by atoms with Gasteiger partial charge in [-0.3, -0.25) is 4.79 Å². The zero-order valence-electron chi connectivity index (χ0n) is 11.5. The van der Waals surface area contributed by atoms with Crippen LogP contribution in [0.5, 0.6) is 0 Å². The fourth-order valence-corrected chi connectivity index (χ4v) is 1.97. The van der Waals surface area contributed by atoms with E-state index in [1.807, 2.05) is 31.2 Å². The van der Waals surface area contributed by atoms with Gasteiger partial charge in [-0.15, -0.1) is 0 Å². The SMILES string of the molecule is CC[C@@H](Nc1ccc(Br)cc1)C(=O)N/N=C\c1ccco1. The van der Waals surface area contributed by atoms with Gasteiger partial charge < -0.3 is 9.73 Å². The molecule has 0 bridgehead atoms. The molecule has 110 valence electrons. The molecule has 1 amide bonds. The molecule has 2 N–H and O–H groups in total. The average molecular weight is 350 g/mol. The normalized spacial score (nSPS) is 12.3. The van der Waals surface area contributed by atoms with Crippen LogP contribution in [0.3, 0.4) is 0 Å². The highest BCUT2D eigenvalue weighted by Crippen LogP contribution is 2.15. The Morgan fingerprint density at radius 2 is 2.14 bits per heavy atom. The summed E-state index contributed by atoms with van der Waals surface area (Å²) in [5.41, 5.74) is 3.39. The summed E-state index contributed by atoms with van der Waals surface area (Å²) in [6, 6.07) is 10.8. The van der Waals surface area contributed by atoms with E-state index < -0.39 is 0 Å². The van der Waals surface area contributed by atoms with Gasteiger partial charge in [0.15, 0.2) is 0 Å². The number of carbonyl (C=O) groups is 1. The van der Waals surface area contributed by atoms with E-state index in [-0.39, 0.29) is 11.9 Å². The van der Waals surface area contributed by atoms with Gasteiger partial charge in [0.2, 0.25) is 0 Å². The Kier molecular flexibility index (Phi) is 5.57. The lowest BCUT2D eigenvalue weighted by atomic mass is 10.2. The maximum absolute atomic E-state index is 12.0. The van der Waals surface area contributed by atoms with Crippen molar-refractivity contribution in [3.05, 3.63) is 52.9 Å². The number of rotatable bonds is 6. The summed E-state index contributed by atoms with van der Waals surface area (Å²) in [6.45, 7) is 1.94. The van der Waals surface area contributed by atoms with Crippen LogP contribution in [0.4, 0.5) is 5.69 Å². The third-order valence-electron chi connectivity index (χ3n) is 2.82. The van der Waals surface area contributed by atoms with Gasteiger partial charge >= 0.3 is 0 Å².